The summed E-state index contributed by atoms with van der Waals surface area (Å²) < 4.78 is 0. The maximum atomic E-state index is 11.5. The van der Waals surface area contributed by atoms with Crippen molar-refractivity contribution in [3.05, 3.63) is 16.8 Å². The van der Waals surface area contributed by atoms with Crippen molar-refractivity contribution in [2.24, 2.45) is 5.41 Å². The van der Waals surface area contributed by atoms with Crippen molar-refractivity contribution in [3.8, 4) is 0 Å². The van der Waals surface area contributed by atoms with Gasteiger partial charge < -0.3 is 15.7 Å². The van der Waals surface area contributed by atoms with Gasteiger partial charge in [0.25, 0.3) is 0 Å². The molecular formula is C13H20N2O3S. The van der Waals surface area contributed by atoms with Gasteiger partial charge in [-0.1, -0.05) is 13.8 Å². The summed E-state index contributed by atoms with van der Waals surface area (Å²) in [5.74, 6) is -1.28. The Hall–Kier alpha value is -1.40. The second-order valence-electron chi connectivity index (χ2n) is 5.15. The van der Waals surface area contributed by atoms with Gasteiger partial charge in [-0.15, -0.1) is 0 Å². The molecule has 0 unspecified atom stereocenters. The first kappa shape index (κ1) is 15.7. The third-order valence-electron chi connectivity index (χ3n) is 2.73. The molecule has 6 heteroatoms. The van der Waals surface area contributed by atoms with E-state index >= 15 is 0 Å². The Kier molecular flexibility index (Phi) is 5.98. The Morgan fingerprint density at radius 1 is 1.37 bits per heavy atom. The SMILES string of the molecule is CC(C)(CO)CCCNC(=O)C(=O)Nc1ccsc1. The number of hydrogen-bond donors (Lipinski definition) is 3. The number of aliphatic hydroxyl groups is 1. The van der Waals surface area contributed by atoms with E-state index in [9.17, 15) is 9.59 Å². The maximum Gasteiger partial charge on any atom is 0.313 e. The number of thiophene rings is 1. The van der Waals surface area contributed by atoms with Crippen LogP contribution in [0.4, 0.5) is 5.69 Å². The van der Waals surface area contributed by atoms with Crippen molar-refractivity contribution >= 4 is 28.8 Å². The van der Waals surface area contributed by atoms with E-state index in [0.29, 0.717) is 12.2 Å². The molecule has 0 saturated heterocycles. The van der Waals surface area contributed by atoms with Gasteiger partial charge in [0.2, 0.25) is 0 Å². The van der Waals surface area contributed by atoms with Gasteiger partial charge >= 0.3 is 11.8 Å². The molecule has 5 nitrogen and oxygen atoms in total. The second-order valence-corrected chi connectivity index (χ2v) is 5.93. The Bertz CT molecular complexity index is 416. The number of hydrogen-bond acceptors (Lipinski definition) is 4. The van der Waals surface area contributed by atoms with Crippen LogP contribution in [-0.4, -0.2) is 30.1 Å². The smallest absolute Gasteiger partial charge is 0.313 e. The molecule has 1 aromatic heterocycles. The standard InChI is InChI=1S/C13H20N2O3S/c1-13(2,9-16)5-3-6-14-11(17)12(18)15-10-4-7-19-8-10/h4,7-8,16H,3,5-6,9H2,1-2H3,(H,14,17)(H,15,18). The molecule has 0 bridgehead atoms. The average Bonchev–Trinajstić information content (AvgIpc) is 2.87. The number of amides is 2. The fourth-order valence-electron chi connectivity index (χ4n) is 1.45. The molecule has 1 heterocycles. The Labute approximate surface area is 117 Å². The topological polar surface area (TPSA) is 78.4 Å². The molecule has 1 rings (SSSR count). The van der Waals surface area contributed by atoms with Crippen molar-refractivity contribution in [2.75, 3.05) is 18.5 Å². The third-order valence-corrected chi connectivity index (χ3v) is 3.41. The minimum absolute atomic E-state index is 0.111. The highest BCUT2D eigenvalue weighted by Gasteiger charge is 2.17. The molecule has 19 heavy (non-hydrogen) atoms. The number of carbonyl (C=O) groups is 2. The van der Waals surface area contributed by atoms with Crippen molar-refractivity contribution in [2.45, 2.75) is 26.7 Å². The Balaban J connectivity index is 2.22. The van der Waals surface area contributed by atoms with Crippen LogP contribution in [-0.2, 0) is 9.59 Å². The summed E-state index contributed by atoms with van der Waals surface area (Å²) in [7, 11) is 0. The maximum absolute atomic E-state index is 11.5. The van der Waals surface area contributed by atoms with Crippen LogP contribution in [0.25, 0.3) is 0 Å². The minimum Gasteiger partial charge on any atom is -0.396 e. The zero-order valence-electron chi connectivity index (χ0n) is 11.2. The molecule has 0 aliphatic rings. The number of nitrogens with one attached hydrogen (secondary N) is 2. The summed E-state index contributed by atoms with van der Waals surface area (Å²) in [6.07, 6.45) is 1.51. The summed E-state index contributed by atoms with van der Waals surface area (Å²) >= 11 is 1.45. The number of anilines is 1. The molecule has 0 atom stereocenters. The molecule has 1 aromatic rings. The predicted molar refractivity (Wildman–Crippen MR) is 76.1 cm³/mol. The molecule has 0 saturated carbocycles. The van der Waals surface area contributed by atoms with Crippen LogP contribution >= 0.6 is 11.3 Å². The summed E-state index contributed by atoms with van der Waals surface area (Å²) in [6.45, 7) is 4.45. The van der Waals surface area contributed by atoms with E-state index in [-0.39, 0.29) is 12.0 Å². The summed E-state index contributed by atoms with van der Waals surface area (Å²) in [6, 6.07) is 1.74. The van der Waals surface area contributed by atoms with E-state index in [1.165, 1.54) is 11.3 Å². The first-order chi connectivity index (χ1) is 8.94. The van der Waals surface area contributed by atoms with Gasteiger partial charge in [0.15, 0.2) is 0 Å². The molecule has 0 fully saturated rings. The monoisotopic (exact) mass is 284 g/mol. The normalized spacial score (nSPS) is 11.1. The van der Waals surface area contributed by atoms with Crippen LogP contribution in [0.5, 0.6) is 0 Å². The fraction of sp³-hybridized carbons (Fsp3) is 0.538. The molecule has 0 spiro atoms. The molecule has 0 aromatic carbocycles. The minimum atomic E-state index is -0.653. The Morgan fingerprint density at radius 3 is 2.68 bits per heavy atom. The molecule has 2 amide bonds. The lowest BCUT2D eigenvalue weighted by atomic mass is 9.89. The highest BCUT2D eigenvalue weighted by Crippen LogP contribution is 2.20. The first-order valence-corrected chi connectivity index (χ1v) is 7.11. The zero-order valence-corrected chi connectivity index (χ0v) is 12.0. The van der Waals surface area contributed by atoms with Crippen molar-refractivity contribution in [3.63, 3.8) is 0 Å². The van der Waals surface area contributed by atoms with E-state index in [0.717, 1.165) is 12.8 Å². The van der Waals surface area contributed by atoms with E-state index in [1.807, 2.05) is 19.2 Å². The first-order valence-electron chi connectivity index (χ1n) is 6.17. The number of rotatable bonds is 6. The summed E-state index contributed by atoms with van der Waals surface area (Å²) in [5, 5.41) is 17.7. The van der Waals surface area contributed by atoms with Crippen LogP contribution < -0.4 is 10.6 Å². The molecule has 0 radical (unpaired) electrons. The van der Waals surface area contributed by atoms with Gasteiger partial charge in [-0.2, -0.15) is 11.3 Å². The molecule has 106 valence electrons. The van der Waals surface area contributed by atoms with E-state index in [4.69, 9.17) is 5.11 Å². The lowest BCUT2D eigenvalue weighted by Crippen LogP contribution is -2.36. The van der Waals surface area contributed by atoms with Crippen LogP contribution in [0, 0.1) is 5.41 Å². The van der Waals surface area contributed by atoms with E-state index in [1.54, 1.807) is 11.4 Å². The lowest BCUT2D eigenvalue weighted by molar-refractivity contribution is -0.136. The Morgan fingerprint density at radius 2 is 2.11 bits per heavy atom. The van der Waals surface area contributed by atoms with Crippen LogP contribution in [0.2, 0.25) is 0 Å². The van der Waals surface area contributed by atoms with E-state index in [2.05, 4.69) is 10.6 Å². The quantitative estimate of drug-likeness (QED) is 0.548. The highest BCUT2D eigenvalue weighted by atomic mass is 32.1. The van der Waals surface area contributed by atoms with Gasteiger partial charge in [-0.05, 0) is 29.7 Å². The van der Waals surface area contributed by atoms with Crippen LogP contribution in [0.3, 0.4) is 0 Å². The van der Waals surface area contributed by atoms with Crippen molar-refractivity contribution in [1.29, 1.82) is 0 Å². The van der Waals surface area contributed by atoms with Gasteiger partial charge in [0.1, 0.15) is 0 Å². The summed E-state index contributed by atoms with van der Waals surface area (Å²) in [5.41, 5.74) is 0.482. The van der Waals surface area contributed by atoms with Crippen molar-refractivity contribution in [1.82, 2.24) is 5.32 Å². The fourth-order valence-corrected chi connectivity index (χ4v) is 2.04. The molecule has 0 aliphatic heterocycles. The number of carbonyl (C=O) groups excluding carboxylic acids is 2. The van der Waals surface area contributed by atoms with E-state index < -0.39 is 11.8 Å². The summed E-state index contributed by atoms with van der Waals surface area (Å²) in [4.78, 5) is 23.0. The predicted octanol–water partition coefficient (Wildman–Crippen LogP) is 1.60. The largest absolute Gasteiger partial charge is 0.396 e. The lowest BCUT2D eigenvalue weighted by Gasteiger charge is -2.21. The van der Waals surface area contributed by atoms with Crippen LogP contribution in [0.1, 0.15) is 26.7 Å². The second kappa shape index (κ2) is 7.25. The molecule has 3 N–H and O–H groups in total. The zero-order chi connectivity index (χ0) is 14.3. The number of aliphatic hydroxyl groups excluding tert-OH is 1. The third kappa shape index (κ3) is 5.85. The van der Waals surface area contributed by atoms with Gasteiger partial charge in [0.05, 0.1) is 5.69 Å². The molecular weight excluding hydrogens is 264 g/mol. The molecule has 0 aliphatic carbocycles. The highest BCUT2D eigenvalue weighted by molar-refractivity contribution is 7.08. The van der Waals surface area contributed by atoms with Crippen molar-refractivity contribution < 1.29 is 14.7 Å². The van der Waals surface area contributed by atoms with Gasteiger partial charge in [-0.25, -0.2) is 0 Å². The van der Waals surface area contributed by atoms with Crippen LogP contribution in [0.15, 0.2) is 16.8 Å². The van der Waals surface area contributed by atoms with Gasteiger partial charge in [-0.3, -0.25) is 9.59 Å². The average molecular weight is 284 g/mol. The van der Waals surface area contributed by atoms with Gasteiger partial charge in [0, 0.05) is 18.5 Å².